The van der Waals surface area contributed by atoms with Gasteiger partial charge in [0.2, 0.25) is 0 Å². The maximum absolute atomic E-state index is 12.3. The molecule has 0 bridgehead atoms. The Morgan fingerprint density at radius 2 is 1.82 bits per heavy atom. The van der Waals surface area contributed by atoms with Crippen LogP contribution in [-0.4, -0.2) is 43.2 Å². The number of anilines is 1. The van der Waals surface area contributed by atoms with Crippen LogP contribution in [0.15, 0.2) is 65.8 Å². The Labute approximate surface area is 200 Å². The highest BCUT2D eigenvalue weighted by Gasteiger charge is 2.13. The molecule has 1 heterocycles. The number of carbonyl (C=O) groups is 1. The van der Waals surface area contributed by atoms with Crippen molar-refractivity contribution in [3.8, 4) is 0 Å². The second kappa shape index (κ2) is 12.4. The number of nitrogens with one attached hydrogen (secondary N) is 1. The molecule has 1 aromatic heterocycles. The fraction of sp³-hybridized carbons (Fsp3) is 0.346. The molecular weight excluding hydrogens is 432 g/mol. The van der Waals surface area contributed by atoms with E-state index in [2.05, 4.69) is 61.4 Å². The van der Waals surface area contributed by atoms with Crippen molar-refractivity contribution in [1.29, 1.82) is 0 Å². The van der Waals surface area contributed by atoms with Gasteiger partial charge in [-0.2, -0.15) is 0 Å². The number of rotatable bonds is 11. The van der Waals surface area contributed by atoms with Gasteiger partial charge in [-0.3, -0.25) is 4.79 Å². The first-order chi connectivity index (χ1) is 16.0. The van der Waals surface area contributed by atoms with Crippen molar-refractivity contribution in [2.75, 3.05) is 32.2 Å². The smallest absolute Gasteiger partial charge is 0.251 e. The van der Waals surface area contributed by atoms with E-state index in [9.17, 15) is 4.79 Å². The minimum atomic E-state index is -0.0956. The molecule has 33 heavy (non-hydrogen) atoms. The summed E-state index contributed by atoms with van der Waals surface area (Å²) in [7, 11) is 3.67. The number of hydrogen-bond donors (Lipinski definition) is 1. The zero-order valence-electron chi connectivity index (χ0n) is 19.7. The van der Waals surface area contributed by atoms with Crippen LogP contribution in [0.3, 0.4) is 0 Å². The Hall–Kier alpha value is -2.90. The molecule has 3 rings (SSSR count). The molecule has 6 nitrogen and oxygen atoms in total. The lowest BCUT2D eigenvalue weighted by atomic mass is 10.1. The molecule has 1 amide bonds. The Kier molecular flexibility index (Phi) is 9.27. The van der Waals surface area contributed by atoms with Gasteiger partial charge in [0.1, 0.15) is 5.82 Å². The normalized spacial score (nSPS) is 10.9. The van der Waals surface area contributed by atoms with Crippen LogP contribution in [0.5, 0.6) is 0 Å². The third kappa shape index (κ3) is 7.58. The Morgan fingerprint density at radius 1 is 1.06 bits per heavy atom. The van der Waals surface area contributed by atoms with Gasteiger partial charge in [-0.1, -0.05) is 68.1 Å². The number of ether oxygens (including phenoxy) is 1. The molecule has 0 aliphatic rings. The minimum Gasteiger partial charge on any atom is -0.383 e. The zero-order valence-corrected chi connectivity index (χ0v) is 20.6. The van der Waals surface area contributed by atoms with Gasteiger partial charge in [0.05, 0.1) is 6.61 Å². The van der Waals surface area contributed by atoms with Crippen molar-refractivity contribution in [2.24, 2.45) is 0 Å². The van der Waals surface area contributed by atoms with Gasteiger partial charge in [-0.05, 0) is 29.2 Å². The summed E-state index contributed by atoms with van der Waals surface area (Å²) in [5.74, 6) is 1.80. The Bertz CT molecular complexity index is 1040. The number of thioether (sulfide) groups is 1. The number of methoxy groups -OCH3 is 1. The largest absolute Gasteiger partial charge is 0.383 e. The Morgan fingerprint density at radius 3 is 2.55 bits per heavy atom. The minimum absolute atomic E-state index is 0.0956. The SMILES string of the molecule is COCCNC(=O)c1cccc(CSc2nc(C(C)C)cc(N(C)Cc3ccccc3)n2)c1. The van der Waals surface area contributed by atoms with Gasteiger partial charge >= 0.3 is 0 Å². The predicted molar refractivity (Wildman–Crippen MR) is 135 cm³/mol. The van der Waals surface area contributed by atoms with E-state index in [-0.39, 0.29) is 5.91 Å². The molecule has 1 N–H and O–H groups in total. The van der Waals surface area contributed by atoms with Crippen LogP contribution in [0.2, 0.25) is 0 Å². The first-order valence-electron chi connectivity index (χ1n) is 11.1. The number of carbonyl (C=O) groups excluding carboxylic acids is 1. The maximum atomic E-state index is 12.3. The van der Waals surface area contributed by atoms with Crippen molar-refractivity contribution in [3.63, 3.8) is 0 Å². The van der Waals surface area contributed by atoms with Crippen molar-refractivity contribution in [2.45, 2.75) is 37.2 Å². The van der Waals surface area contributed by atoms with Gasteiger partial charge in [0, 0.05) is 50.3 Å². The zero-order chi connectivity index (χ0) is 23.6. The van der Waals surface area contributed by atoms with Gasteiger partial charge < -0.3 is 15.0 Å². The molecule has 0 radical (unpaired) electrons. The van der Waals surface area contributed by atoms with Gasteiger partial charge in [0.15, 0.2) is 5.16 Å². The quantitative estimate of drug-likeness (QED) is 0.247. The Balaban J connectivity index is 1.71. The van der Waals surface area contributed by atoms with E-state index < -0.39 is 0 Å². The summed E-state index contributed by atoms with van der Waals surface area (Å²) < 4.78 is 4.99. The van der Waals surface area contributed by atoms with E-state index in [0.717, 1.165) is 28.8 Å². The monoisotopic (exact) mass is 464 g/mol. The van der Waals surface area contributed by atoms with Gasteiger partial charge in [0.25, 0.3) is 5.91 Å². The molecule has 3 aromatic rings. The third-order valence-electron chi connectivity index (χ3n) is 5.11. The topological polar surface area (TPSA) is 67.3 Å². The van der Waals surface area contributed by atoms with Crippen LogP contribution >= 0.6 is 11.8 Å². The van der Waals surface area contributed by atoms with Crippen LogP contribution in [0.1, 0.15) is 46.9 Å². The highest BCUT2D eigenvalue weighted by molar-refractivity contribution is 7.98. The first-order valence-corrected chi connectivity index (χ1v) is 12.1. The van der Waals surface area contributed by atoms with Crippen molar-refractivity contribution in [3.05, 3.63) is 83.0 Å². The number of nitrogens with zero attached hydrogens (tertiary/aromatic N) is 3. The van der Waals surface area contributed by atoms with Crippen LogP contribution in [0.4, 0.5) is 5.82 Å². The van der Waals surface area contributed by atoms with Crippen molar-refractivity contribution in [1.82, 2.24) is 15.3 Å². The van der Waals surface area contributed by atoms with Crippen molar-refractivity contribution >= 4 is 23.5 Å². The number of benzene rings is 2. The second-order valence-corrected chi connectivity index (χ2v) is 9.11. The average Bonchev–Trinajstić information content (AvgIpc) is 2.83. The third-order valence-corrected chi connectivity index (χ3v) is 6.02. The van der Waals surface area contributed by atoms with Gasteiger partial charge in [-0.25, -0.2) is 9.97 Å². The molecule has 0 saturated carbocycles. The van der Waals surface area contributed by atoms with E-state index in [4.69, 9.17) is 14.7 Å². The lowest BCUT2D eigenvalue weighted by Gasteiger charge is -2.20. The highest BCUT2D eigenvalue weighted by Crippen LogP contribution is 2.26. The summed E-state index contributed by atoms with van der Waals surface area (Å²) in [6.45, 7) is 6.04. The summed E-state index contributed by atoms with van der Waals surface area (Å²) in [4.78, 5) is 24.1. The van der Waals surface area contributed by atoms with Crippen LogP contribution < -0.4 is 10.2 Å². The van der Waals surface area contributed by atoms with Crippen LogP contribution in [0.25, 0.3) is 0 Å². The molecule has 174 valence electrons. The second-order valence-electron chi connectivity index (χ2n) is 8.17. The van der Waals surface area contributed by atoms with Crippen molar-refractivity contribution < 1.29 is 9.53 Å². The molecule has 7 heteroatoms. The number of amides is 1. The number of hydrogen-bond acceptors (Lipinski definition) is 6. The molecule has 0 atom stereocenters. The summed E-state index contributed by atoms with van der Waals surface area (Å²) in [6.07, 6.45) is 0. The predicted octanol–water partition coefficient (Wildman–Crippen LogP) is 4.90. The molecule has 0 unspecified atom stereocenters. The van der Waals surface area contributed by atoms with E-state index >= 15 is 0 Å². The summed E-state index contributed by atoms with van der Waals surface area (Å²) in [5.41, 5.74) is 3.95. The van der Waals surface area contributed by atoms with E-state index in [1.165, 1.54) is 5.56 Å². The lowest BCUT2D eigenvalue weighted by Crippen LogP contribution is -2.26. The fourth-order valence-corrected chi connectivity index (χ4v) is 4.05. The molecule has 0 fully saturated rings. The molecule has 0 saturated heterocycles. The van der Waals surface area contributed by atoms with Crippen LogP contribution in [0, 0.1) is 0 Å². The molecule has 0 aliphatic carbocycles. The number of aromatic nitrogens is 2. The molecule has 0 spiro atoms. The van der Waals surface area contributed by atoms with E-state index in [1.54, 1.807) is 18.9 Å². The van der Waals surface area contributed by atoms with Crippen LogP contribution in [-0.2, 0) is 17.0 Å². The van der Waals surface area contributed by atoms with E-state index in [1.807, 2.05) is 30.3 Å². The summed E-state index contributed by atoms with van der Waals surface area (Å²) >= 11 is 1.58. The molecule has 2 aromatic carbocycles. The maximum Gasteiger partial charge on any atom is 0.251 e. The average molecular weight is 465 g/mol. The molecule has 0 aliphatic heterocycles. The van der Waals surface area contributed by atoms with Gasteiger partial charge in [-0.15, -0.1) is 0 Å². The summed E-state index contributed by atoms with van der Waals surface area (Å²) in [6, 6.07) is 20.1. The first kappa shape index (κ1) is 24.7. The standard InChI is InChI=1S/C26H32N4O2S/c1-19(2)23-16-24(30(3)17-20-9-6-5-7-10-20)29-26(28-23)33-18-21-11-8-12-22(15-21)25(31)27-13-14-32-4/h5-12,15-16,19H,13-14,17-18H2,1-4H3,(H,27,31). The summed E-state index contributed by atoms with van der Waals surface area (Å²) in [5, 5.41) is 3.60. The van der Waals surface area contributed by atoms with E-state index in [0.29, 0.717) is 30.4 Å². The lowest BCUT2D eigenvalue weighted by molar-refractivity contribution is 0.0937. The highest BCUT2D eigenvalue weighted by atomic mass is 32.2. The molecular formula is C26H32N4O2S. The fourth-order valence-electron chi connectivity index (χ4n) is 3.24.